The van der Waals surface area contributed by atoms with E-state index in [1.165, 1.54) is 0 Å². The molecule has 0 saturated heterocycles. The molecule has 2 N–H and O–H groups in total. The minimum Gasteiger partial charge on any atom is -0.359 e. The van der Waals surface area contributed by atoms with Gasteiger partial charge in [-0.15, -0.1) is 0 Å². The molecule has 0 aliphatic carbocycles. The molecular formula is C11H13ClN2O. The molecule has 0 saturated carbocycles. The number of amides is 1. The molecule has 80 valence electrons. The second kappa shape index (κ2) is 4.21. The van der Waals surface area contributed by atoms with Gasteiger partial charge in [0.15, 0.2) is 0 Å². The number of hydrogen-bond donors (Lipinski definition) is 2. The molecule has 1 aromatic carbocycles. The van der Waals surface area contributed by atoms with Crippen LogP contribution in [0.4, 0.5) is 0 Å². The van der Waals surface area contributed by atoms with Gasteiger partial charge in [0, 0.05) is 25.2 Å². The number of hydrogen-bond acceptors (Lipinski definition) is 2. The first kappa shape index (κ1) is 10.5. The average Bonchev–Trinajstić information content (AvgIpc) is 2.28. The van der Waals surface area contributed by atoms with Crippen LogP contribution in [0.1, 0.15) is 17.0 Å². The summed E-state index contributed by atoms with van der Waals surface area (Å²) < 4.78 is 0. The van der Waals surface area contributed by atoms with Gasteiger partial charge in [-0.2, -0.15) is 0 Å². The van der Waals surface area contributed by atoms with Crippen molar-refractivity contribution >= 4 is 17.5 Å². The molecule has 4 heteroatoms. The third-order valence-electron chi connectivity index (χ3n) is 2.72. The number of nitrogens with one attached hydrogen (secondary N) is 2. The summed E-state index contributed by atoms with van der Waals surface area (Å²) in [6, 6.07) is 5.75. The van der Waals surface area contributed by atoms with Gasteiger partial charge in [-0.25, -0.2) is 0 Å². The van der Waals surface area contributed by atoms with Gasteiger partial charge in [0.25, 0.3) is 0 Å². The lowest BCUT2D eigenvalue weighted by Gasteiger charge is -2.26. The van der Waals surface area contributed by atoms with Gasteiger partial charge in [-0.1, -0.05) is 23.7 Å². The summed E-state index contributed by atoms with van der Waals surface area (Å²) in [5.74, 6) is -0.163. The Morgan fingerprint density at radius 3 is 3.13 bits per heavy atom. The summed E-state index contributed by atoms with van der Waals surface area (Å²) >= 11 is 6.13. The lowest BCUT2D eigenvalue weighted by atomic mass is 9.90. The summed E-state index contributed by atoms with van der Waals surface area (Å²) in [4.78, 5) is 11.7. The van der Waals surface area contributed by atoms with Crippen molar-refractivity contribution in [1.82, 2.24) is 10.6 Å². The van der Waals surface area contributed by atoms with Crippen molar-refractivity contribution in [2.45, 2.75) is 12.5 Å². The highest BCUT2D eigenvalue weighted by Gasteiger charge is 2.27. The van der Waals surface area contributed by atoms with Crippen LogP contribution in [0.15, 0.2) is 18.2 Å². The molecule has 1 atom stereocenters. The monoisotopic (exact) mass is 224 g/mol. The second-order valence-corrected chi connectivity index (χ2v) is 4.02. The summed E-state index contributed by atoms with van der Waals surface area (Å²) in [5, 5.41) is 6.56. The molecule has 0 aromatic heterocycles. The van der Waals surface area contributed by atoms with E-state index in [4.69, 9.17) is 11.6 Å². The maximum absolute atomic E-state index is 11.7. The smallest absolute Gasteiger partial charge is 0.228 e. The highest BCUT2D eigenvalue weighted by Crippen LogP contribution is 2.30. The van der Waals surface area contributed by atoms with Gasteiger partial charge in [-0.3, -0.25) is 4.79 Å². The van der Waals surface area contributed by atoms with Gasteiger partial charge in [0.05, 0.1) is 5.92 Å². The maximum Gasteiger partial charge on any atom is 0.228 e. The molecule has 1 amide bonds. The van der Waals surface area contributed by atoms with Crippen LogP contribution in [0.3, 0.4) is 0 Å². The van der Waals surface area contributed by atoms with E-state index in [1.54, 1.807) is 7.05 Å². The van der Waals surface area contributed by atoms with E-state index in [2.05, 4.69) is 10.6 Å². The molecule has 0 radical (unpaired) electrons. The van der Waals surface area contributed by atoms with Crippen molar-refractivity contribution in [3.8, 4) is 0 Å². The molecule has 0 bridgehead atoms. The highest BCUT2D eigenvalue weighted by atomic mass is 35.5. The quantitative estimate of drug-likeness (QED) is 0.755. The van der Waals surface area contributed by atoms with Gasteiger partial charge >= 0.3 is 0 Å². The highest BCUT2D eigenvalue weighted by molar-refractivity contribution is 6.31. The van der Waals surface area contributed by atoms with E-state index in [1.807, 2.05) is 18.2 Å². The predicted octanol–water partition coefficient (Wildman–Crippen LogP) is 1.27. The van der Waals surface area contributed by atoms with Crippen LogP contribution in [0, 0.1) is 0 Å². The number of likely N-dealkylation sites (N-methyl/N-ethyl adjacent to an activating group) is 1. The average molecular weight is 225 g/mol. The van der Waals surface area contributed by atoms with E-state index in [9.17, 15) is 4.79 Å². The van der Waals surface area contributed by atoms with Crippen molar-refractivity contribution in [2.24, 2.45) is 0 Å². The third kappa shape index (κ3) is 1.85. The van der Waals surface area contributed by atoms with Gasteiger partial charge in [0.1, 0.15) is 0 Å². The standard InChI is InChI=1S/C11H13ClN2O/c1-13-11(15)8-6-14-5-7-3-2-4-9(12)10(7)8/h2-4,8,14H,5-6H2,1H3,(H,13,15). The number of fused-ring (bicyclic) bond motifs is 1. The fraction of sp³-hybridized carbons (Fsp3) is 0.364. The van der Waals surface area contributed by atoms with Gasteiger partial charge in [-0.05, 0) is 17.2 Å². The van der Waals surface area contributed by atoms with E-state index < -0.39 is 0 Å². The normalized spacial score (nSPS) is 19.5. The topological polar surface area (TPSA) is 41.1 Å². The molecule has 1 aliphatic heterocycles. The predicted molar refractivity (Wildman–Crippen MR) is 60.0 cm³/mol. The molecule has 1 aliphatic rings. The van der Waals surface area contributed by atoms with E-state index >= 15 is 0 Å². The van der Waals surface area contributed by atoms with E-state index in [0.29, 0.717) is 11.6 Å². The number of rotatable bonds is 1. The summed E-state index contributed by atoms with van der Waals surface area (Å²) in [6.07, 6.45) is 0. The Balaban J connectivity index is 2.45. The SMILES string of the molecule is CNC(=O)C1CNCc2cccc(Cl)c21. The lowest BCUT2D eigenvalue weighted by Crippen LogP contribution is -2.37. The van der Waals surface area contributed by atoms with Crippen molar-refractivity contribution in [3.05, 3.63) is 34.3 Å². The molecular weight excluding hydrogens is 212 g/mol. The fourth-order valence-corrected chi connectivity index (χ4v) is 2.30. The van der Waals surface area contributed by atoms with Crippen LogP contribution in [-0.2, 0) is 11.3 Å². The van der Waals surface area contributed by atoms with Crippen molar-refractivity contribution in [1.29, 1.82) is 0 Å². The Hall–Kier alpha value is -1.06. The first-order valence-electron chi connectivity index (χ1n) is 4.93. The maximum atomic E-state index is 11.7. The van der Waals surface area contributed by atoms with Crippen LogP contribution in [0.5, 0.6) is 0 Å². The minimum absolute atomic E-state index is 0.0107. The summed E-state index contributed by atoms with van der Waals surface area (Å²) in [6.45, 7) is 1.43. The molecule has 1 heterocycles. The summed E-state index contributed by atoms with van der Waals surface area (Å²) in [5.41, 5.74) is 2.08. The molecule has 2 rings (SSSR count). The number of halogens is 1. The number of benzene rings is 1. The largest absolute Gasteiger partial charge is 0.359 e. The van der Waals surface area contributed by atoms with E-state index in [-0.39, 0.29) is 11.8 Å². The first-order valence-corrected chi connectivity index (χ1v) is 5.31. The Morgan fingerprint density at radius 1 is 1.60 bits per heavy atom. The molecule has 1 aromatic rings. The van der Waals surface area contributed by atoms with Crippen LogP contribution >= 0.6 is 11.6 Å². The van der Waals surface area contributed by atoms with Crippen molar-refractivity contribution in [2.75, 3.05) is 13.6 Å². The van der Waals surface area contributed by atoms with Crippen molar-refractivity contribution in [3.63, 3.8) is 0 Å². The van der Waals surface area contributed by atoms with Crippen LogP contribution < -0.4 is 10.6 Å². The Kier molecular flexibility index (Phi) is 2.93. The minimum atomic E-state index is -0.174. The molecule has 15 heavy (non-hydrogen) atoms. The zero-order chi connectivity index (χ0) is 10.8. The van der Waals surface area contributed by atoms with Crippen LogP contribution in [-0.4, -0.2) is 19.5 Å². The van der Waals surface area contributed by atoms with Crippen LogP contribution in [0.25, 0.3) is 0 Å². The lowest BCUT2D eigenvalue weighted by molar-refractivity contribution is -0.122. The summed E-state index contributed by atoms with van der Waals surface area (Å²) in [7, 11) is 1.65. The number of carbonyl (C=O) groups is 1. The Bertz CT molecular complexity index is 392. The van der Waals surface area contributed by atoms with E-state index in [0.717, 1.165) is 17.7 Å². The van der Waals surface area contributed by atoms with Gasteiger partial charge in [0.2, 0.25) is 5.91 Å². The second-order valence-electron chi connectivity index (χ2n) is 3.61. The van der Waals surface area contributed by atoms with Crippen LogP contribution in [0.2, 0.25) is 5.02 Å². The number of carbonyl (C=O) groups excluding carboxylic acids is 1. The first-order chi connectivity index (χ1) is 7.24. The molecule has 1 unspecified atom stereocenters. The zero-order valence-corrected chi connectivity index (χ0v) is 9.27. The Morgan fingerprint density at radius 2 is 2.40 bits per heavy atom. The Labute approximate surface area is 93.8 Å². The molecule has 0 fully saturated rings. The zero-order valence-electron chi connectivity index (χ0n) is 8.51. The fourth-order valence-electron chi connectivity index (χ4n) is 1.98. The van der Waals surface area contributed by atoms with Gasteiger partial charge < -0.3 is 10.6 Å². The molecule has 3 nitrogen and oxygen atoms in total. The van der Waals surface area contributed by atoms with Crippen molar-refractivity contribution < 1.29 is 4.79 Å². The molecule has 0 spiro atoms. The third-order valence-corrected chi connectivity index (χ3v) is 3.05.